The van der Waals surface area contributed by atoms with Crippen LogP contribution in [0.2, 0.25) is 18.1 Å². The van der Waals surface area contributed by atoms with Crippen LogP contribution in [0.15, 0.2) is 107 Å². The number of thioether (sulfide) groups is 1. The van der Waals surface area contributed by atoms with Gasteiger partial charge in [0, 0.05) is 30.1 Å². The van der Waals surface area contributed by atoms with Crippen molar-refractivity contribution in [2.75, 3.05) is 6.61 Å². The number of esters is 3. The van der Waals surface area contributed by atoms with Gasteiger partial charge in [0.05, 0.1) is 35.6 Å². The van der Waals surface area contributed by atoms with Gasteiger partial charge < -0.3 is 43.6 Å². The number of carbonyl (C=O) groups excluding carboxylic acids is 5. The summed E-state index contributed by atoms with van der Waals surface area (Å²) in [5.74, 6) is -4.37. The number of hydrogen-bond donors (Lipinski definition) is 3. The van der Waals surface area contributed by atoms with Gasteiger partial charge in [-0.2, -0.15) is 0 Å². The van der Waals surface area contributed by atoms with Crippen molar-refractivity contribution in [1.29, 1.82) is 0 Å². The summed E-state index contributed by atoms with van der Waals surface area (Å²) in [6.07, 6.45) is -7.77. The van der Waals surface area contributed by atoms with Crippen LogP contribution >= 0.6 is 11.8 Å². The maximum Gasteiger partial charge on any atom is 0.408 e. The molecule has 3 aromatic carbocycles. The maximum absolute atomic E-state index is 16.0. The van der Waals surface area contributed by atoms with E-state index >= 15 is 9.59 Å². The third-order valence-corrected chi connectivity index (χ3v) is 21.8. The number of aliphatic hydroxyl groups is 2. The zero-order chi connectivity index (χ0) is 51.9. The fourth-order valence-corrected chi connectivity index (χ4v) is 15.8. The lowest BCUT2D eigenvalue weighted by Gasteiger charge is -2.68. The first-order valence-electron chi connectivity index (χ1n) is 24.8. The van der Waals surface area contributed by atoms with Gasteiger partial charge >= 0.3 is 24.0 Å². The Morgan fingerprint density at radius 1 is 0.887 bits per heavy atom. The van der Waals surface area contributed by atoms with Crippen molar-refractivity contribution in [2.45, 2.75) is 171 Å². The molecule has 16 heteroatoms. The van der Waals surface area contributed by atoms with E-state index in [0.717, 1.165) is 29.9 Å². The number of hydrogen-bond acceptors (Lipinski definition) is 14. The van der Waals surface area contributed by atoms with E-state index in [9.17, 15) is 24.6 Å². The van der Waals surface area contributed by atoms with Gasteiger partial charge in [0.25, 0.3) is 0 Å². The van der Waals surface area contributed by atoms with Gasteiger partial charge in [0.15, 0.2) is 19.7 Å². The van der Waals surface area contributed by atoms with Crippen molar-refractivity contribution >= 4 is 49.9 Å². The highest BCUT2D eigenvalue weighted by atomic mass is 32.2. The zero-order valence-electron chi connectivity index (χ0n) is 42.8. The van der Waals surface area contributed by atoms with E-state index < -0.39 is 120 Å². The second kappa shape index (κ2) is 20.6. The molecule has 0 spiro atoms. The average Bonchev–Trinajstić information content (AvgIpc) is 3.32. The highest BCUT2D eigenvalue weighted by Gasteiger charge is 2.78. The predicted octanol–water partition coefficient (Wildman–Crippen LogP) is 9.09. The van der Waals surface area contributed by atoms with Gasteiger partial charge in [-0.05, 0) is 93.7 Å². The normalized spacial score (nSPS) is 29.9. The number of ketones is 1. The topological polar surface area (TPSA) is 193 Å². The minimum Gasteiger partial charge on any atom is -0.457 e. The molecular weight excluding hydrogens is 943 g/mol. The van der Waals surface area contributed by atoms with E-state index in [1.54, 1.807) is 103 Å². The molecule has 4 aliphatic rings. The third kappa shape index (κ3) is 10.0. The van der Waals surface area contributed by atoms with Crippen LogP contribution in [-0.2, 0) is 42.5 Å². The fraction of sp³-hybridized carbons (Fsp3) is 0.545. The van der Waals surface area contributed by atoms with Crippen LogP contribution in [-0.4, -0.2) is 107 Å². The van der Waals surface area contributed by atoms with E-state index in [0.29, 0.717) is 16.0 Å². The smallest absolute Gasteiger partial charge is 0.408 e. The lowest BCUT2D eigenvalue weighted by Crippen LogP contribution is -2.82. The molecule has 0 radical (unpaired) electrons. The van der Waals surface area contributed by atoms with Crippen LogP contribution in [0.5, 0.6) is 0 Å². The van der Waals surface area contributed by atoms with Crippen LogP contribution in [0.4, 0.5) is 4.79 Å². The summed E-state index contributed by atoms with van der Waals surface area (Å²) in [6, 6.07) is 27.5. The predicted molar refractivity (Wildman–Crippen MR) is 270 cm³/mol. The van der Waals surface area contributed by atoms with Gasteiger partial charge in [0.1, 0.15) is 40.9 Å². The van der Waals surface area contributed by atoms with Crippen LogP contribution in [0.25, 0.3) is 0 Å². The first-order chi connectivity index (χ1) is 33.4. The van der Waals surface area contributed by atoms with Crippen molar-refractivity contribution in [3.63, 3.8) is 0 Å². The number of Topliss-reactive ketones (excluding diaryl/α,β-unsaturated/α-hetero) is 1. The summed E-state index contributed by atoms with van der Waals surface area (Å²) in [4.78, 5) is 73.8. The molecule has 2 bridgehead atoms. The SMILES string of the molecule is CC[Si](CC)(CC)O[C@H]1C[C@H]2OC[C@@]2(OC(C)=O)C2[C@H](OC(=O)c3ccccc3)[C@]3(O)C[C@H](OC(=O)[C@H](Sc4ccccc4)[C@@H](NC(=O)OC(C)(C)C)c4ccccc4)C(C)=C([C@@H](O)C(=O)[C@@]21C)C3(C)C. The summed E-state index contributed by atoms with van der Waals surface area (Å²) in [7, 11) is -2.59. The number of amides is 1. The molecule has 3 aromatic rings. The quantitative estimate of drug-likeness (QED) is 0.0429. The van der Waals surface area contributed by atoms with Gasteiger partial charge in [-0.3, -0.25) is 14.4 Å². The number of rotatable bonds is 15. The molecule has 1 unspecified atom stereocenters. The van der Waals surface area contributed by atoms with E-state index in [-0.39, 0.29) is 24.2 Å². The Hall–Kier alpha value is -4.84. The summed E-state index contributed by atoms with van der Waals surface area (Å²) < 4.78 is 39.0. The van der Waals surface area contributed by atoms with Crippen molar-refractivity contribution in [3.05, 3.63) is 113 Å². The molecule has 14 nitrogen and oxygen atoms in total. The Morgan fingerprint density at radius 2 is 1.46 bits per heavy atom. The summed E-state index contributed by atoms with van der Waals surface area (Å²) in [5, 5.41) is 28.9. The molecule has 3 fully saturated rings. The lowest BCUT2D eigenvalue weighted by atomic mass is 9.44. The minimum absolute atomic E-state index is 0.0884. The second-order valence-corrected chi connectivity index (χ2v) is 27.3. The molecule has 2 saturated carbocycles. The van der Waals surface area contributed by atoms with Crippen LogP contribution in [0, 0.1) is 16.7 Å². The molecule has 1 saturated heterocycles. The van der Waals surface area contributed by atoms with Gasteiger partial charge in [0.2, 0.25) is 0 Å². The molecular formula is C55H71NO13SSi. The fourth-order valence-electron chi connectivity index (χ4n) is 11.8. The average molecular weight is 1010 g/mol. The first kappa shape index (κ1) is 53.9. The Labute approximate surface area is 423 Å². The van der Waals surface area contributed by atoms with Crippen LogP contribution in [0.1, 0.15) is 111 Å². The number of benzene rings is 3. The standard InChI is InChI=1S/C55H71NO13SSi/c1-12-71(13-2,14-3)69-39-30-40-54(32-64-40,67-34(5)57)45-47(66-48(60)36-26-20-16-21-27-36)55(63)31-38(33(4)41(52(55,9)10)43(58)46(59)53(39,45)11)65-49(61)44(70-37-28-22-17-23-29-37)42(35-24-18-15-19-25-35)56-50(62)68-51(6,7)8/h15-29,38-40,42-45,47,58,63H,12-14,30-32H2,1-11H3,(H,56,62)/t38-,39-,40+,42-,43+,44+,45?,47-,53+,54-,55+/m0/s1. The number of aliphatic hydroxyl groups excluding tert-OH is 1. The second-order valence-electron chi connectivity index (χ2n) is 21.3. The summed E-state index contributed by atoms with van der Waals surface area (Å²) in [6.45, 7) is 19.1. The van der Waals surface area contributed by atoms with Crippen LogP contribution < -0.4 is 5.32 Å². The van der Waals surface area contributed by atoms with Crippen LogP contribution in [0.3, 0.4) is 0 Å². The monoisotopic (exact) mass is 1010 g/mol. The minimum atomic E-state index is -2.59. The molecule has 0 aromatic heterocycles. The Morgan fingerprint density at radius 3 is 2.00 bits per heavy atom. The lowest BCUT2D eigenvalue weighted by molar-refractivity contribution is -0.344. The number of alkyl carbamates (subject to hydrolysis) is 1. The third-order valence-electron chi connectivity index (χ3n) is 15.8. The number of fused-ring (bicyclic) bond motifs is 5. The Bertz CT molecular complexity index is 2470. The largest absolute Gasteiger partial charge is 0.457 e. The maximum atomic E-state index is 16.0. The molecule has 3 aliphatic carbocycles. The zero-order valence-corrected chi connectivity index (χ0v) is 44.6. The molecule has 1 heterocycles. The van der Waals surface area contributed by atoms with Gasteiger partial charge in [-0.25, -0.2) is 9.59 Å². The van der Waals surface area contributed by atoms with Crippen molar-refractivity contribution in [2.24, 2.45) is 16.7 Å². The Kier molecular flexibility index (Phi) is 15.6. The van der Waals surface area contributed by atoms with E-state index in [1.165, 1.54) is 6.92 Å². The van der Waals surface area contributed by atoms with Crippen molar-refractivity contribution in [1.82, 2.24) is 5.32 Å². The Balaban J connectivity index is 1.43. The van der Waals surface area contributed by atoms with Crippen molar-refractivity contribution in [3.8, 4) is 0 Å². The molecule has 11 atom stereocenters. The van der Waals surface area contributed by atoms with E-state index in [2.05, 4.69) is 26.1 Å². The highest BCUT2D eigenvalue weighted by Crippen LogP contribution is 2.65. The molecule has 1 amide bonds. The molecule has 7 rings (SSSR count). The molecule has 1 aliphatic heterocycles. The van der Waals surface area contributed by atoms with Gasteiger partial charge in [-0.1, -0.05) is 101 Å². The van der Waals surface area contributed by atoms with E-state index in [4.69, 9.17) is 28.1 Å². The molecule has 3 N–H and O–H groups in total. The highest BCUT2D eigenvalue weighted by molar-refractivity contribution is 8.00. The van der Waals surface area contributed by atoms with E-state index in [1.807, 2.05) is 36.4 Å². The number of nitrogens with one attached hydrogen (secondary N) is 1. The van der Waals surface area contributed by atoms with Crippen molar-refractivity contribution < 1.29 is 62.3 Å². The number of ether oxygens (including phenoxy) is 5. The van der Waals surface area contributed by atoms with Gasteiger partial charge in [-0.15, -0.1) is 11.8 Å². The first-order valence-corrected chi connectivity index (χ1v) is 28.2. The molecule has 71 heavy (non-hydrogen) atoms. The number of carbonyl (C=O) groups is 5. The summed E-state index contributed by atoms with van der Waals surface area (Å²) >= 11 is 1.15. The molecule has 384 valence electrons. The summed E-state index contributed by atoms with van der Waals surface area (Å²) in [5.41, 5.74) is -7.02.